The van der Waals surface area contributed by atoms with Crippen molar-refractivity contribution in [2.24, 2.45) is 0 Å². The summed E-state index contributed by atoms with van der Waals surface area (Å²) in [5, 5.41) is 12.4. The number of aryl methyl sites for hydroxylation is 1. The van der Waals surface area contributed by atoms with Gasteiger partial charge in [0, 0.05) is 17.8 Å². The number of nitrogens with one attached hydrogen (secondary N) is 1. The molecule has 1 rings (SSSR count). The van der Waals surface area contributed by atoms with E-state index in [4.69, 9.17) is 5.26 Å². The van der Waals surface area contributed by atoms with Crippen molar-refractivity contribution in [3.05, 3.63) is 34.9 Å². The first-order valence-electron chi connectivity index (χ1n) is 6.86. The molecule has 19 heavy (non-hydrogen) atoms. The van der Waals surface area contributed by atoms with Gasteiger partial charge in [-0.25, -0.2) is 0 Å². The Hall–Kier alpha value is -0.980. The molecule has 0 bridgehead atoms. The molecular formula is C16H24N2S. The van der Waals surface area contributed by atoms with E-state index in [9.17, 15) is 0 Å². The van der Waals surface area contributed by atoms with Gasteiger partial charge in [-0.2, -0.15) is 17.0 Å². The number of hydrogen-bond acceptors (Lipinski definition) is 3. The zero-order valence-corrected chi connectivity index (χ0v) is 13.2. The van der Waals surface area contributed by atoms with Gasteiger partial charge in [0.1, 0.15) is 0 Å². The highest BCUT2D eigenvalue weighted by molar-refractivity contribution is 8.00. The third-order valence-corrected chi connectivity index (χ3v) is 5.54. The Morgan fingerprint density at radius 1 is 1.32 bits per heavy atom. The number of rotatable bonds is 7. The third-order valence-electron chi connectivity index (χ3n) is 3.96. The SMILES string of the molecule is CCC(CC)(CNCc1ccc(C#N)cc1C)SC. The van der Waals surface area contributed by atoms with Crippen LogP contribution in [0.25, 0.3) is 0 Å². The summed E-state index contributed by atoms with van der Waals surface area (Å²) < 4.78 is 0.348. The molecule has 0 atom stereocenters. The van der Waals surface area contributed by atoms with Crippen LogP contribution >= 0.6 is 11.8 Å². The second kappa shape index (κ2) is 7.57. The van der Waals surface area contributed by atoms with Crippen LogP contribution in [0.15, 0.2) is 18.2 Å². The first-order valence-corrected chi connectivity index (χ1v) is 8.08. The van der Waals surface area contributed by atoms with Gasteiger partial charge in [-0.15, -0.1) is 0 Å². The van der Waals surface area contributed by atoms with Crippen LogP contribution in [0.2, 0.25) is 0 Å². The average molecular weight is 276 g/mol. The molecule has 0 aromatic heterocycles. The van der Waals surface area contributed by atoms with Gasteiger partial charge >= 0.3 is 0 Å². The lowest BCUT2D eigenvalue weighted by Crippen LogP contribution is -2.36. The first kappa shape index (κ1) is 16.1. The monoisotopic (exact) mass is 276 g/mol. The molecule has 1 aromatic carbocycles. The lowest BCUT2D eigenvalue weighted by atomic mass is 10.0. The van der Waals surface area contributed by atoms with Gasteiger partial charge in [0.2, 0.25) is 0 Å². The Bertz CT molecular complexity index is 436. The van der Waals surface area contributed by atoms with Crippen molar-refractivity contribution in [3.63, 3.8) is 0 Å². The number of nitrogens with zero attached hydrogens (tertiary/aromatic N) is 1. The summed E-state index contributed by atoms with van der Waals surface area (Å²) in [5.74, 6) is 0. The Morgan fingerprint density at radius 3 is 2.47 bits per heavy atom. The van der Waals surface area contributed by atoms with Crippen molar-refractivity contribution in [2.75, 3.05) is 12.8 Å². The Labute approximate surface area is 121 Å². The molecule has 0 aliphatic carbocycles. The van der Waals surface area contributed by atoms with Crippen molar-refractivity contribution in [3.8, 4) is 6.07 Å². The minimum Gasteiger partial charge on any atom is -0.311 e. The topological polar surface area (TPSA) is 35.8 Å². The van der Waals surface area contributed by atoms with Gasteiger partial charge in [0.15, 0.2) is 0 Å². The smallest absolute Gasteiger partial charge is 0.0991 e. The summed E-state index contributed by atoms with van der Waals surface area (Å²) in [5.41, 5.74) is 3.21. The van der Waals surface area contributed by atoms with Crippen LogP contribution in [0.5, 0.6) is 0 Å². The maximum Gasteiger partial charge on any atom is 0.0991 e. The minimum absolute atomic E-state index is 0.348. The van der Waals surface area contributed by atoms with Crippen molar-refractivity contribution in [1.82, 2.24) is 5.32 Å². The summed E-state index contributed by atoms with van der Waals surface area (Å²) in [6, 6.07) is 8.09. The Balaban J connectivity index is 2.61. The van der Waals surface area contributed by atoms with E-state index in [-0.39, 0.29) is 0 Å². The van der Waals surface area contributed by atoms with Gasteiger partial charge in [-0.05, 0) is 49.3 Å². The molecule has 2 nitrogen and oxygen atoms in total. The first-order chi connectivity index (χ1) is 9.10. The largest absolute Gasteiger partial charge is 0.311 e. The van der Waals surface area contributed by atoms with E-state index in [1.807, 2.05) is 23.9 Å². The minimum atomic E-state index is 0.348. The maximum absolute atomic E-state index is 8.86. The molecule has 0 radical (unpaired) electrons. The second-order valence-corrected chi connectivity index (χ2v) is 6.23. The number of hydrogen-bond donors (Lipinski definition) is 1. The fraction of sp³-hybridized carbons (Fsp3) is 0.562. The second-order valence-electron chi connectivity index (χ2n) is 4.95. The molecule has 104 valence electrons. The molecule has 0 saturated carbocycles. The average Bonchev–Trinajstić information content (AvgIpc) is 2.45. The Kier molecular flexibility index (Phi) is 6.41. The lowest BCUT2D eigenvalue weighted by Gasteiger charge is -2.30. The van der Waals surface area contributed by atoms with E-state index in [1.165, 1.54) is 24.0 Å². The molecule has 1 N–H and O–H groups in total. The van der Waals surface area contributed by atoms with Gasteiger partial charge < -0.3 is 5.32 Å². The van der Waals surface area contributed by atoms with Crippen LogP contribution < -0.4 is 5.32 Å². The molecular weight excluding hydrogens is 252 g/mol. The molecule has 1 aromatic rings. The van der Waals surface area contributed by atoms with E-state index < -0.39 is 0 Å². The molecule has 0 unspecified atom stereocenters. The molecule has 0 heterocycles. The molecule has 0 spiro atoms. The predicted molar refractivity (Wildman–Crippen MR) is 84.4 cm³/mol. The Morgan fingerprint density at radius 2 is 2.00 bits per heavy atom. The summed E-state index contributed by atoms with van der Waals surface area (Å²) >= 11 is 1.96. The van der Waals surface area contributed by atoms with Crippen LogP contribution in [-0.2, 0) is 6.54 Å². The van der Waals surface area contributed by atoms with E-state index in [2.05, 4.69) is 44.5 Å². The zero-order valence-electron chi connectivity index (χ0n) is 12.4. The molecule has 3 heteroatoms. The molecule has 0 aliphatic heterocycles. The van der Waals surface area contributed by atoms with Crippen LogP contribution in [0.3, 0.4) is 0 Å². The molecule has 0 saturated heterocycles. The maximum atomic E-state index is 8.86. The van der Waals surface area contributed by atoms with Gasteiger partial charge in [0.05, 0.1) is 11.6 Å². The summed E-state index contributed by atoms with van der Waals surface area (Å²) in [6.07, 6.45) is 4.57. The van der Waals surface area contributed by atoms with Crippen molar-refractivity contribution in [1.29, 1.82) is 5.26 Å². The fourth-order valence-electron chi connectivity index (χ4n) is 2.25. The van der Waals surface area contributed by atoms with Crippen LogP contribution in [0.4, 0.5) is 0 Å². The molecule has 0 fully saturated rings. The normalized spacial score (nSPS) is 11.3. The summed E-state index contributed by atoms with van der Waals surface area (Å²) in [7, 11) is 0. The van der Waals surface area contributed by atoms with Crippen molar-refractivity contribution in [2.45, 2.75) is 44.9 Å². The summed E-state index contributed by atoms with van der Waals surface area (Å²) in [4.78, 5) is 0. The fourth-order valence-corrected chi connectivity index (χ4v) is 3.07. The van der Waals surface area contributed by atoms with Gasteiger partial charge in [0.25, 0.3) is 0 Å². The predicted octanol–water partition coefficient (Wildman–Crippen LogP) is 3.88. The zero-order chi connectivity index (χ0) is 14.3. The number of benzene rings is 1. The van der Waals surface area contributed by atoms with E-state index >= 15 is 0 Å². The van der Waals surface area contributed by atoms with E-state index in [1.54, 1.807) is 0 Å². The van der Waals surface area contributed by atoms with Gasteiger partial charge in [-0.3, -0.25) is 0 Å². The van der Waals surface area contributed by atoms with E-state index in [0.29, 0.717) is 4.75 Å². The summed E-state index contributed by atoms with van der Waals surface area (Å²) in [6.45, 7) is 8.49. The van der Waals surface area contributed by atoms with Crippen molar-refractivity contribution < 1.29 is 0 Å². The number of thioether (sulfide) groups is 1. The van der Waals surface area contributed by atoms with Crippen LogP contribution in [0, 0.1) is 18.3 Å². The lowest BCUT2D eigenvalue weighted by molar-refractivity contribution is 0.494. The highest BCUT2D eigenvalue weighted by atomic mass is 32.2. The van der Waals surface area contributed by atoms with Crippen molar-refractivity contribution >= 4 is 11.8 Å². The van der Waals surface area contributed by atoms with Crippen LogP contribution in [-0.4, -0.2) is 17.5 Å². The highest BCUT2D eigenvalue weighted by Crippen LogP contribution is 2.29. The molecule has 0 amide bonds. The standard InChI is InChI=1S/C16H24N2S/c1-5-16(6-2,19-4)12-18-11-15-8-7-14(10-17)9-13(15)3/h7-9,18H,5-6,11-12H2,1-4H3. The van der Waals surface area contributed by atoms with Gasteiger partial charge in [-0.1, -0.05) is 19.9 Å². The van der Waals surface area contributed by atoms with Crippen LogP contribution in [0.1, 0.15) is 43.4 Å². The number of nitriles is 1. The molecule has 0 aliphatic rings. The highest BCUT2D eigenvalue weighted by Gasteiger charge is 2.23. The quantitative estimate of drug-likeness (QED) is 0.821. The third kappa shape index (κ3) is 4.26. The van der Waals surface area contributed by atoms with E-state index in [0.717, 1.165) is 18.7 Å².